The third-order valence-electron chi connectivity index (χ3n) is 20.2. The normalized spacial score (nSPS) is 14.2. The number of aliphatic hydroxyl groups is 1. The quantitative estimate of drug-likeness (QED) is 0.0222. The minimum Gasteiger partial charge on any atom is -0.462 e. The lowest BCUT2D eigenvalue weighted by atomic mass is 9.99. The van der Waals surface area contributed by atoms with Crippen molar-refractivity contribution in [1.29, 1.82) is 0 Å². The van der Waals surface area contributed by atoms with Gasteiger partial charge in [-0.3, -0.25) is 37.3 Å². The lowest BCUT2D eigenvalue weighted by Gasteiger charge is -2.21. The van der Waals surface area contributed by atoms with Crippen molar-refractivity contribution < 1.29 is 80.2 Å². The molecule has 0 heterocycles. The van der Waals surface area contributed by atoms with Gasteiger partial charge in [-0.2, -0.15) is 0 Å². The molecule has 0 saturated carbocycles. The lowest BCUT2D eigenvalue weighted by molar-refractivity contribution is -0.161. The van der Waals surface area contributed by atoms with E-state index in [1.165, 1.54) is 244 Å². The van der Waals surface area contributed by atoms with Crippen molar-refractivity contribution in [3.63, 3.8) is 0 Å². The zero-order chi connectivity index (χ0) is 76.7. The standard InChI is InChI=1S/C85H166O17P2/c1-9-78(8)64-56-48-40-32-24-17-14-15-18-25-33-41-49-57-65-82(87)95-71-80(101-84(89)67-59-51-43-34-26-19-13-11-10-12-16-22-29-37-45-53-61-75(2)3)73-99-103(91,92)97-69-79(86)70-98-104(93,94)100-74-81(72-96-83(88)66-58-50-42-36-28-31-39-47-55-63-77(6)7)102-85(90)68-60-52-44-35-27-21-20-23-30-38-46-54-62-76(4)5/h75-81,86H,9-74H2,1-8H3,(H,91,92)(H,93,94)/t78?,79-,80-,81-/m1/s1. The molecule has 0 aromatic heterocycles. The molecule has 17 nitrogen and oxygen atoms in total. The van der Waals surface area contributed by atoms with Crippen LogP contribution in [-0.2, 0) is 65.4 Å². The van der Waals surface area contributed by atoms with Gasteiger partial charge in [0.15, 0.2) is 12.2 Å². The molecule has 19 heteroatoms. The first-order valence-electron chi connectivity index (χ1n) is 43.7. The molecule has 6 atom stereocenters. The molecule has 3 unspecified atom stereocenters. The molecule has 0 spiro atoms. The molecule has 104 heavy (non-hydrogen) atoms. The van der Waals surface area contributed by atoms with Crippen molar-refractivity contribution in [2.24, 2.45) is 23.7 Å². The van der Waals surface area contributed by atoms with Gasteiger partial charge in [-0.05, 0) is 49.4 Å². The van der Waals surface area contributed by atoms with Crippen molar-refractivity contribution >= 4 is 39.5 Å². The molecule has 3 N–H and O–H groups in total. The fourth-order valence-corrected chi connectivity index (χ4v) is 14.7. The van der Waals surface area contributed by atoms with Gasteiger partial charge in [-0.15, -0.1) is 0 Å². The van der Waals surface area contributed by atoms with E-state index in [1.807, 2.05) is 0 Å². The van der Waals surface area contributed by atoms with Crippen LogP contribution < -0.4 is 0 Å². The summed E-state index contributed by atoms with van der Waals surface area (Å²) in [5.41, 5.74) is 0. The van der Waals surface area contributed by atoms with E-state index in [2.05, 4.69) is 55.4 Å². The summed E-state index contributed by atoms with van der Waals surface area (Å²) in [4.78, 5) is 73.2. The monoisotopic (exact) mass is 1520 g/mol. The van der Waals surface area contributed by atoms with Gasteiger partial charge in [0, 0.05) is 25.7 Å². The number of esters is 4. The van der Waals surface area contributed by atoms with Gasteiger partial charge >= 0.3 is 39.5 Å². The molecule has 0 aromatic carbocycles. The van der Waals surface area contributed by atoms with E-state index in [4.69, 9.17) is 37.0 Å². The topological polar surface area (TPSA) is 237 Å². The van der Waals surface area contributed by atoms with Crippen LogP contribution in [0.4, 0.5) is 0 Å². The Labute approximate surface area is 638 Å². The van der Waals surface area contributed by atoms with Crippen LogP contribution in [0.15, 0.2) is 0 Å². The maximum atomic E-state index is 13.1. The average molecular weight is 1520 g/mol. The van der Waals surface area contributed by atoms with Gasteiger partial charge in [0.2, 0.25) is 0 Å². The summed E-state index contributed by atoms with van der Waals surface area (Å²) < 4.78 is 68.9. The fraction of sp³-hybridized carbons (Fsp3) is 0.953. The van der Waals surface area contributed by atoms with Gasteiger partial charge in [0.05, 0.1) is 26.4 Å². The van der Waals surface area contributed by atoms with Crippen LogP contribution in [0.25, 0.3) is 0 Å². The second-order valence-electron chi connectivity index (χ2n) is 32.2. The van der Waals surface area contributed by atoms with E-state index in [0.717, 1.165) is 114 Å². The number of aliphatic hydroxyl groups excluding tert-OH is 1. The molecule has 0 radical (unpaired) electrons. The Bertz CT molecular complexity index is 2030. The van der Waals surface area contributed by atoms with E-state index in [0.29, 0.717) is 25.7 Å². The maximum absolute atomic E-state index is 13.1. The highest BCUT2D eigenvalue weighted by Crippen LogP contribution is 2.45. The molecule has 0 bridgehead atoms. The summed E-state index contributed by atoms with van der Waals surface area (Å²) in [6.45, 7) is 14.4. The molecule has 0 fully saturated rings. The van der Waals surface area contributed by atoms with Crippen LogP contribution in [0.1, 0.15) is 441 Å². The summed E-state index contributed by atoms with van der Waals surface area (Å²) >= 11 is 0. The van der Waals surface area contributed by atoms with E-state index in [-0.39, 0.29) is 25.7 Å². The number of hydrogen-bond acceptors (Lipinski definition) is 15. The molecule has 0 aromatic rings. The largest absolute Gasteiger partial charge is 0.472 e. The Morgan fingerprint density at radius 3 is 0.683 bits per heavy atom. The summed E-state index contributed by atoms with van der Waals surface area (Å²) in [6, 6.07) is 0. The van der Waals surface area contributed by atoms with Crippen molar-refractivity contribution in [3.8, 4) is 0 Å². The number of carbonyl (C=O) groups excluding carboxylic acids is 4. The fourth-order valence-electron chi connectivity index (χ4n) is 13.1. The predicted molar refractivity (Wildman–Crippen MR) is 428 cm³/mol. The molecule has 0 amide bonds. The predicted octanol–water partition coefficient (Wildman–Crippen LogP) is 25.6. The van der Waals surface area contributed by atoms with Gasteiger partial charge in [0.25, 0.3) is 0 Å². The van der Waals surface area contributed by atoms with Gasteiger partial charge in [-0.1, -0.05) is 389 Å². The van der Waals surface area contributed by atoms with E-state index < -0.39 is 97.5 Å². The second-order valence-corrected chi connectivity index (χ2v) is 35.2. The minimum absolute atomic E-state index is 0.106. The number of unbranched alkanes of at least 4 members (excludes halogenated alkanes) is 47. The SMILES string of the molecule is CCC(C)CCCCCCCCCCCCCCCCC(=O)OC[C@H](COP(=O)(O)OC[C@@H](O)COP(=O)(O)OC[C@@H](COC(=O)CCCCCCCCCCCC(C)C)OC(=O)CCCCCCCCCCCCCCC(C)C)OC(=O)CCCCCCCCCCCCCCCCCCC(C)C. The van der Waals surface area contributed by atoms with Crippen LogP contribution in [-0.4, -0.2) is 96.7 Å². The molecule has 0 saturated heterocycles. The van der Waals surface area contributed by atoms with E-state index in [9.17, 15) is 43.2 Å². The number of phosphoric acid groups is 2. The zero-order valence-electron chi connectivity index (χ0n) is 68.7. The number of carbonyl (C=O) groups is 4. The van der Waals surface area contributed by atoms with Crippen LogP contribution in [0, 0.1) is 23.7 Å². The van der Waals surface area contributed by atoms with Gasteiger partial charge in [-0.25, -0.2) is 9.13 Å². The van der Waals surface area contributed by atoms with Crippen molar-refractivity contribution in [2.75, 3.05) is 39.6 Å². The molecule has 0 rings (SSSR count). The molecular formula is C85H166O17P2. The van der Waals surface area contributed by atoms with Crippen LogP contribution in [0.5, 0.6) is 0 Å². The first-order valence-corrected chi connectivity index (χ1v) is 46.7. The Morgan fingerprint density at radius 1 is 0.269 bits per heavy atom. The third-order valence-corrected chi connectivity index (χ3v) is 22.1. The molecule has 618 valence electrons. The summed E-state index contributed by atoms with van der Waals surface area (Å²) in [6.07, 6.45) is 62.3. The molecule has 0 aliphatic heterocycles. The number of rotatable bonds is 82. The highest BCUT2D eigenvalue weighted by molar-refractivity contribution is 7.47. The van der Waals surface area contributed by atoms with Crippen molar-refractivity contribution in [3.05, 3.63) is 0 Å². The highest BCUT2D eigenvalue weighted by Gasteiger charge is 2.30. The van der Waals surface area contributed by atoms with E-state index in [1.54, 1.807) is 0 Å². The number of ether oxygens (including phenoxy) is 4. The maximum Gasteiger partial charge on any atom is 0.472 e. The minimum atomic E-state index is -4.97. The zero-order valence-corrected chi connectivity index (χ0v) is 70.5. The van der Waals surface area contributed by atoms with E-state index >= 15 is 0 Å². The van der Waals surface area contributed by atoms with Crippen LogP contribution in [0.2, 0.25) is 0 Å². The van der Waals surface area contributed by atoms with Crippen LogP contribution >= 0.6 is 15.6 Å². The van der Waals surface area contributed by atoms with Crippen molar-refractivity contribution in [1.82, 2.24) is 0 Å². The summed E-state index contributed by atoms with van der Waals surface area (Å²) in [5, 5.41) is 10.7. The molecular weight excluding hydrogens is 1350 g/mol. The lowest BCUT2D eigenvalue weighted by Crippen LogP contribution is -2.30. The summed E-state index contributed by atoms with van der Waals surface area (Å²) in [7, 11) is -9.93. The first-order chi connectivity index (χ1) is 50.1. The number of phosphoric ester groups is 2. The Kier molecular flexibility index (Phi) is 72.5. The average Bonchev–Trinajstić information content (AvgIpc) is 0.928. The van der Waals surface area contributed by atoms with Gasteiger partial charge in [0.1, 0.15) is 19.3 Å². The highest BCUT2D eigenvalue weighted by atomic mass is 31.2. The third kappa shape index (κ3) is 76.8. The summed E-state index contributed by atoms with van der Waals surface area (Å²) in [5.74, 6) is 1.07. The first kappa shape index (κ1) is 102. The molecule has 0 aliphatic carbocycles. The number of hydrogen-bond donors (Lipinski definition) is 3. The van der Waals surface area contributed by atoms with Crippen molar-refractivity contribution in [2.45, 2.75) is 459 Å². The Morgan fingerprint density at radius 2 is 0.462 bits per heavy atom. The Balaban J connectivity index is 5.27. The second kappa shape index (κ2) is 73.8. The Hall–Kier alpha value is -1.94. The van der Waals surface area contributed by atoms with Crippen LogP contribution in [0.3, 0.4) is 0 Å². The van der Waals surface area contributed by atoms with Gasteiger partial charge < -0.3 is 33.8 Å². The smallest absolute Gasteiger partial charge is 0.462 e. The molecule has 0 aliphatic rings.